The highest BCUT2D eigenvalue weighted by Gasteiger charge is 2.15. The molecule has 1 aliphatic rings. The lowest BCUT2D eigenvalue weighted by atomic mass is 10.0. The van der Waals surface area contributed by atoms with Gasteiger partial charge in [0, 0.05) is 18.2 Å². The van der Waals surface area contributed by atoms with Gasteiger partial charge in [-0.3, -0.25) is 15.5 Å². The van der Waals surface area contributed by atoms with E-state index in [9.17, 15) is 10.1 Å². The fraction of sp³-hybridized carbons (Fsp3) is 0.0500. The number of nitrogens with zero attached hydrogens (tertiary/aromatic N) is 2. The van der Waals surface area contributed by atoms with Gasteiger partial charge in [-0.05, 0) is 34.9 Å². The summed E-state index contributed by atoms with van der Waals surface area (Å²) in [5.41, 5.74) is 12.5. The molecule has 140 valence electrons. The van der Waals surface area contributed by atoms with E-state index in [1.165, 1.54) is 6.07 Å². The second-order valence-corrected chi connectivity index (χ2v) is 6.23. The first-order valence-corrected chi connectivity index (χ1v) is 8.71. The summed E-state index contributed by atoms with van der Waals surface area (Å²) in [5.74, 6) is 0.672. The maximum absolute atomic E-state index is 11.4. The lowest BCUT2D eigenvalue weighted by molar-refractivity contribution is -0.384. The first kappa shape index (κ1) is 17.5. The predicted molar refractivity (Wildman–Crippen MR) is 108 cm³/mol. The molecule has 3 aromatic carbocycles. The van der Waals surface area contributed by atoms with Crippen LogP contribution in [0.3, 0.4) is 0 Å². The predicted octanol–water partition coefficient (Wildman–Crippen LogP) is 3.15. The van der Waals surface area contributed by atoms with Gasteiger partial charge in [0.15, 0.2) is 5.84 Å². The van der Waals surface area contributed by atoms with Crippen LogP contribution in [0.25, 0.3) is 11.1 Å². The second-order valence-electron chi connectivity index (χ2n) is 6.23. The van der Waals surface area contributed by atoms with E-state index in [1.807, 2.05) is 54.6 Å². The maximum atomic E-state index is 11.4. The quantitative estimate of drug-likeness (QED) is 0.390. The monoisotopic (exact) mass is 374 g/mol. The summed E-state index contributed by atoms with van der Waals surface area (Å²) in [6, 6.07) is 22.7. The topological polar surface area (TPSA) is 104 Å². The zero-order valence-electron chi connectivity index (χ0n) is 14.8. The lowest BCUT2D eigenvalue weighted by Crippen LogP contribution is -2.35. The number of hydrogen-bond acceptors (Lipinski definition) is 7. The highest BCUT2D eigenvalue weighted by molar-refractivity contribution is 6.00. The minimum atomic E-state index is -0.373. The van der Waals surface area contributed by atoms with E-state index in [2.05, 4.69) is 26.9 Å². The van der Waals surface area contributed by atoms with Crippen molar-refractivity contribution in [3.63, 3.8) is 0 Å². The van der Waals surface area contributed by atoms with E-state index < -0.39 is 0 Å². The van der Waals surface area contributed by atoms with Crippen molar-refractivity contribution in [1.82, 2.24) is 16.5 Å². The van der Waals surface area contributed by atoms with E-state index in [1.54, 1.807) is 12.1 Å². The highest BCUT2D eigenvalue weighted by atomic mass is 16.6. The number of nitrogens with one attached hydrogen (secondary N) is 4. The molecule has 0 saturated heterocycles. The number of amidine groups is 1. The van der Waals surface area contributed by atoms with Gasteiger partial charge in [-0.1, -0.05) is 48.5 Å². The van der Waals surface area contributed by atoms with Crippen molar-refractivity contribution in [2.24, 2.45) is 5.10 Å². The number of hydrogen-bond donors (Lipinski definition) is 4. The highest BCUT2D eigenvalue weighted by Crippen LogP contribution is 2.31. The van der Waals surface area contributed by atoms with Gasteiger partial charge in [-0.15, -0.1) is 10.6 Å². The van der Waals surface area contributed by atoms with Gasteiger partial charge >= 0.3 is 0 Å². The van der Waals surface area contributed by atoms with Gasteiger partial charge in [0.05, 0.1) is 4.92 Å². The number of nitro benzene ring substituents is 1. The first-order valence-electron chi connectivity index (χ1n) is 8.71. The molecule has 0 radical (unpaired) electrons. The van der Waals surface area contributed by atoms with Crippen molar-refractivity contribution >= 4 is 17.2 Å². The summed E-state index contributed by atoms with van der Waals surface area (Å²) in [6.07, 6.45) is 0. The van der Waals surface area contributed by atoms with Crippen molar-refractivity contribution in [3.05, 3.63) is 94.0 Å². The lowest BCUT2D eigenvalue weighted by Gasteiger charge is -2.11. The number of benzene rings is 3. The van der Waals surface area contributed by atoms with Gasteiger partial charge < -0.3 is 5.32 Å². The fourth-order valence-corrected chi connectivity index (χ4v) is 2.99. The van der Waals surface area contributed by atoms with Gasteiger partial charge in [-0.2, -0.15) is 0 Å². The Morgan fingerprint density at radius 1 is 0.929 bits per heavy atom. The van der Waals surface area contributed by atoms with Gasteiger partial charge in [0.1, 0.15) is 5.69 Å². The normalized spacial score (nSPS) is 12.6. The molecule has 3 aromatic rings. The molecule has 4 rings (SSSR count). The molecule has 0 bridgehead atoms. The van der Waals surface area contributed by atoms with Crippen LogP contribution in [-0.2, 0) is 6.54 Å². The summed E-state index contributed by atoms with van der Waals surface area (Å²) in [4.78, 5) is 11.1. The molecule has 0 saturated carbocycles. The molecule has 28 heavy (non-hydrogen) atoms. The fourth-order valence-electron chi connectivity index (χ4n) is 2.99. The average molecular weight is 374 g/mol. The van der Waals surface area contributed by atoms with Crippen molar-refractivity contribution < 1.29 is 4.92 Å². The van der Waals surface area contributed by atoms with Gasteiger partial charge in [-0.25, -0.2) is 5.53 Å². The molecule has 8 heteroatoms. The molecule has 0 spiro atoms. The Morgan fingerprint density at radius 2 is 1.71 bits per heavy atom. The van der Waals surface area contributed by atoms with Crippen molar-refractivity contribution in [2.75, 3.05) is 5.32 Å². The van der Waals surface area contributed by atoms with Gasteiger partial charge in [0.2, 0.25) is 0 Å². The second kappa shape index (κ2) is 7.77. The van der Waals surface area contributed by atoms with E-state index in [-0.39, 0.29) is 10.6 Å². The van der Waals surface area contributed by atoms with Crippen LogP contribution in [0.15, 0.2) is 77.9 Å². The Morgan fingerprint density at radius 3 is 2.46 bits per heavy atom. The number of anilines is 1. The molecule has 4 N–H and O–H groups in total. The standard InChI is InChI=1S/C20H18N6O2/c27-26(28)19-10-9-16(12-18(19)21-13-14-5-2-1-3-6-14)15-7-4-8-17(11-15)20-22-24-25-23-20/h1-12,21,24-25H,13H2,(H,22,23). The van der Waals surface area contributed by atoms with Crippen LogP contribution in [0.2, 0.25) is 0 Å². The summed E-state index contributed by atoms with van der Waals surface area (Å²) in [7, 11) is 0. The number of hydrazine groups is 2. The Hall–Kier alpha value is -3.91. The Bertz CT molecular complexity index is 1040. The summed E-state index contributed by atoms with van der Waals surface area (Å²) >= 11 is 0. The molecule has 0 aliphatic carbocycles. The Kier molecular flexibility index (Phi) is 4.85. The molecular weight excluding hydrogens is 356 g/mol. The third-order valence-corrected chi connectivity index (χ3v) is 4.39. The zero-order chi connectivity index (χ0) is 19.3. The van der Waals surface area contributed by atoms with Crippen molar-refractivity contribution in [3.8, 4) is 11.1 Å². The zero-order valence-corrected chi connectivity index (χ0v) is 14.8. The third-order valence-electron chi connectivity index (χ3n) is 4.39. The van der Waals surface area contributed by atoms with Crippen molar-refractivity contribution in [2.45, 2.75) is 6.54 Å². The smallest absolute Gasteiger partial charge is 0.292 e. The van der Waals surface area contributed by atoms with Crippen LogP contribution >= 0.6 is 0 Å². The van der Waals surface area contributed by atoms with Crippen LogP contribution in [0.1, 0.15) is 11.1 Å². The SMILES string of the molecule is O=[N+]([O-])c1ccc(-c2cccc(C3=NNNN3)c2)cc1NCc1ccccc1. The van der Waals surface area contributed by atoms with E-state index >= 15 is 0 Å². The maximum Gasteiger partial charge on any atom is 0.292 e. The average Bonchev–Trinajstić information content (AvgIpc) is 3.28. The van der Waals surface area contributed by atoms with Crippen LogP contribution in [0, 0.1) is 10.1 Å². The largest absolute Gasteiger partial charge is 0.375 e. The van der Waals surface area contributed by atoms with Gasteiger partial charge in [0.25, 0.3) is 5.69 Å². The summed E-state index contributed by atoms with van der Waals surface area (Å²) < 4.78 is 0. The molecule has 0 aromatic heterocycles. The number of rotatable bonds is 6. The first-order chi connectivity index (χ1) is 13.7. The van der Waals surface area contributed by atoms with Crippen LogP contribution < -0.4 is 21.8 Å². The van der Waals surface area contributed by atoms with E-state index in [0.29, 0.717) is 18.1 Å². The molecule has 0 atom stereocenters. The summed E-state index contributed by atoms with van der Waals surface area (Å²) in [5, 5.41) is 18.7. The molecule has 1 heterocycles. The van der Waals surface area contributed by atoms with E-state index in [4.69, 9.17) is 0 Å². The van der Waals surface area contributed by atoms with Crippen LogP contribution in [-0.4, -0.2) is 10.8 Å². The van der Waals surface area contributed by atoms with Crippen LogP contribution in [0.5, 0.6) is 0 Å². The van der Waals surface area contributed by atoms with Crippen molar-refractivity contribution in [1.29, 1.82) is 0 Å². The summed E-state index contributed by atoms with van der Waals surface area (Å²) in [6.45, 7) is 0.503. The number of hydrazone groups is 1. The van der Waals surface area contributed by atoms with Crippen LogP contribution in [0.4, 0.5) is 11.4 Å². The molecule has 0 amide bonds. The Balaban J connectivity index is 1.65. The molecule has 0 unspecified atom stereocenters. The van der Waals surface area contributed by atoms with E-state index in [0.717, 1.165) is 22.3 Å². The minimum absolute atomic E-state index is 0.0473. The number of nitro groups is 1. The molecule has 8 nitrogen and oxygen atoms in total. The minimum Gasteiger partial charge on any atom is -0.375 e. The third kappa shape index (κ3) is 3.76. The molecular formula is C20H18N6O2. The molecule has 1 aliphatic heterocycles. The molecule has 0 fully saturated rings. The Labute approximate surface area is 161 Å².